The van der Waals surface area contributed by atoms with Crippen LogP contribution in [0.3, 0.4) is 0 Å². The Labute approximate surface area is 101 Å². The molecule has 0 fully saturated rings. The summed E-state index contributed by atoms with van der Waals surface area (Å²) in [4.78, 5) is 16.4. The van der Waals surface area contributed by atoms with Crippen LogP contribution in [0, 0.1) is 0 Å². The van der Waals surface area contributed by atoms with E-state index in [1.165, 1.54) is 0 Å². The molecule has 17 heavy (non-hydrogen) atoms. The predicted molar refractivity (Wildman–Crippen MR) is 66.8 cm³/mol. The van der Waals surface area contributed by atoms with E-state index in [0.717, 1.165) is 12.2 Å². The van der Waals surface area contributed by atoms with Crippen LogP contribution >= 0.6 is 0 Å². The summed E-state index contributed by atoms with van der Waals surface area (Å²) in [6, 6.07) is 7.10. The quantitative estimate of drug-likeness (QED) is 0.629. The van der Waals surface area contributed by atoms with E-state index < -0.39 is 0 Å². The monoisotopic (exact) mass is 235 g/mol. The fraction of sp³-hybridized carbons (Fsp3) is 0.308. The summed E-state index contributed by atoms with van der Waals surface area (Å²) in [5.74, 6) is 0.381. The lowest BCUT2D eigenvalue weighted by molar-refractivity contribution is -0.136. The van der Waals surface area contributed by atoms with E-state index in [4.69, 9.17) is 9.57 Å². The number of hydrogen-bond donors (Lipinski definition) is 1. The number of benzene rings is 1. The Morgan fingerprint density at radius 2 is 2.00 bits per heavy atom. The maximum Gasteiger partial charge on any atom is 0.358 e. The SMILES string of the molecule is CC/C=C(\C)C(=O)ONc1ccc(OC)cc1. The molecule has 0 unspecified atom stereocenters. The van der Waals surface area contributed by atoms with Crippen LogP contribution in [-0.2, 0) is 9.63 Å². The van der Waals surface area contributed by atoms with Crippen molar-refractivity contribution in [1.29, 1.82) is 0 Å². The third-order valence-electron chi connectivity index (χ3n) is 2.18. The van der Waals surface area contributed by atoms with Crippen LogP contribution in [0.1, 0.15) is 20.3 Å². The Morgan fingerprint density at radius 1 is 1.35 bits per heavy atom. The van der Waals surface area contributed by atoms with Gasteiger partial charge in [-0.3, -0.25) is 0 Å². The van der Waals surface area contributed by atoms with E-state index >= 15 is 0 Å². The van der Waals surface area contributed by atoms with Crippen LogP contribution in [0.25, 0.3) is 0 Å². The Hall–Kier alpha value is -1.97. The molecule has 0 bridgehead atoms. The van der Waals surface area contributed by atoms with E-state index in [9.17, 15) is 4.79 Å². The van der Waals surface area contributed by atoms with E-state index in [2.05, 4.69) is 5.48 Å². The highest BCUT2D eigenvalue weighted by Gasteiger charge is 2.05. The van der Waals surface area contributed by atoms with E-state index in [1.807, 2.05) is 13.0 Å². The number of allylic oxidation sites excluding steroid dienone is 1. The molecule has 4 heteroatoms. The van der Waals surface area contributed by atoms with Crippen molar-refractivity contribution < 1.29 is 14.4 Å². The van der Waals surface area contributed by atoms with E-state index in [0.29, 0.717) is 11.3 Å². The second-order valence-electron chi connectivity index (χ2n) is 3.52. The fourth-order valence-electron chi connectivity index (χ4n) is 1.23. The third kappa shape index (κ3) is 4.18. The van der Waals surface area contributed by atoms with Gasteiger partial charge in [-0.2, -0.15) is 0 Å². The first-order valence-corrected chi connectivity index (χ1v) is 5.45. The first-order chi connectivity index (χ1) is 8.17. The second kappa shape index (κ2) is 6.58. The number of methoxy groups -OCH3 is 1. The molecule has 0 aliphatic heterocycles. The predicted octanol–water partition coefficient (Wildman–Crippen LogP) is 2.92. The molecule has 0 atom stereocenters. The Kier molecular flexibility index (Phi) is 5.07. The smallest absolute Gasteiger partial charge is 0.358 e. The number of carbonyl (C=O) groups is 1. The molecule has 0 aliphatic carbocycles. The molecular formula is C13H17NO3. The molecular weight excluding hydrogens is 218 g/mol. The summed E-state index contributed by atoms with van der Waals surface area (Å²) in [7, 11) is 1.60. The number of rotatable bonds is 5. The molecule has 1 aromatic carbocycles. The minimum atomic E-state index is -0.373. The number of anilines is 1. The van der Waals surface area contributed by atoms with Gasteiger partial charge in [0.25, 0.3) is 0 Å². The van der Waals surface area contributed by atoms with Gasteiger partial charge < -0.3 is 9.57 Å². The molecule has 0 radical (unpaired) electrons. The Morgan fingerprint density at radius 3 is 2.53 bits per heavy atom. The second-order valence-corrected chi connectivity index (χ2v) is 3.52. The fourth-order valence-corrected chi connectivity index (χ4v) is 1.23. The number of ether oxygens (including phenoxy) is 1. The van der Waals surface area contributed by atoms with E-state index in [-0.39, 0.29) is 5.97 Å². The first kappa shape index (κ1) is 13.1. The first-order valence-electron chi connectivity index (χ1n) is 5.45. The van der Waals surface area contributed by atoms with Crippen molar-refractivity contribution in [2.24, 2.45) is 0 Å². The molecule has 92 valence electrons. The lowest BCUT2D eigenvalue weighted by atomic mass is 10.2. The molecule has 1 N–H and O–H groups in total. The van der Waals surface area contributed by atoms with Crippen LogP contribution < -0.4 is 10.2 Å². The van der Waals surface area contributed by atoms with Crippen molar-refractivity contribution in [2.45, 2.75) is 20.3 Å². The summed E-state index contributed by atoms with van der Waals surface area (Å²) in [6.45, 7) is 3.69. The highest BCUT2D eigenvalue weighted by molar-refractivity contribution is 5.88. The summed E-state index contributed by atoms with van der Waals surface area (Å²) < 4.78 is 5.02. The molecule has 0 heterocycles. The van der Waals surface area contributed by atoms with Gasteiger partial charge in [0, 0.05) is 5.57 Å². The van der Waals surface area contributed by atoms with Crippen LogP contribution in [0.4, 0.5) is 5.69 Å². The largest absolute Gasteiger partial charge is 0.497 e. The highest BCUT2D eigenvalue weighted by atomic mass is 16.7. The topological polar surface area (TPSA) is 47.6 Å². The molecule has 1 aromatic rings. The van der Waals surface area contributed by atoms with Gasteiger partial charge in [0.2, 0.25) is 0 Å². The van der Waals surface area contributed by atoms with Crippen LogP contribution in [-0.4, -0.2) is 13.1 Å². The van der Waals surface area contributed by atoms with Crippen molar-refractivity contribution >= 4 is 11.7 Å². The Balaban J connectivity index is 2.50. The van der Waals surface area contributed by atoms with Crippen molar-refractivity contribution in [3.8, 4) is 5.75 Å². The lowest BCUT2D eigenvalue weighted by Gasteiger charge is -2.07. The van der Waals surface area contributed by atoms with Gasteiger partial charge in [0.1, 0.15) is 5.75 Å². The van der Waals surface area contributed by atoms with Crippen molar-refractivity contribution in [3.05, 3.63) is 35.9 Å². The average molecular weight is 235 g/mol. The van der Waals surface area contributed by atoms with Crippen LogP contribution in [0.5, 0.6) is 5.75 Å². The number of hydrogen-bond acceptors (Lipinski definition) is 4. The highest BCUT2D eigenvalue weighted by Crippen LogP contribution is 2.15. The van der Waals surface area contributed by atoms with Crippen molar-refractivity contribution in [2.75, 3.05) is 12.6 Å². The standard InChI is InChI=1S/C13H17NO3/c1-4-5-10(2)13(15)17-14-11-6-8-12(16-3)9-7-11/h5-9,14H,4H2,1-3H3/b10-5+. The molecule has 0 amide bonds. The molecule has 0 aliphatic rings. The molecule has 1 rings (SSSR count). The minimum Gasteiger partial charge on any atom is -0.497 e. The maximum absolute atomic E-state index is 11.5. The third-order valence-corrected chi connectivity index (χ3v) is 2.18. The zero-order chi connectivity index (χ0) is 12.7. The number of nitrogens with one attached hydrogen (secondary N) is 1. The van der Waals surface area contributed by atoms with Crippen LogP contribution in [0.15, 0.2) is 35.9 Å². The van der Waals surface area contributed by atoms with Gasteiger partial charge in [0.15, 0.2) is 0 Å². The summed E-state index contributed by atoms with van der Waals surface area (Å²) in [5, 5.41) is 0. The summed E-state index contributed by atoms with van der Waals surface area (Å²) >= 11 is 0. The van der Waals surface area contributed by atoms with E-state index in [1.54, 1.807) is 38.3 Å². The van der Waals surface area contributed by atoms with Gasteiger partial charge in [-0.15, -0.1) is 0 Å². The number of carbonyl (C=O) groups excluding carboxylic acids is 1. The zero-order valence-electron chi connectivity index (χ0n) is 10.3. The summed E-state index contributed by atoms with van der Waals surface area (Å²) in [5.41, 5.74) is 3.88. The van der Waals surface area contributed by atoms with Gasteiger partial charge in [0.05, 0.1) is 12.8 Å². The van der Waals surface area contributed by atoms with Gasteiger partial charge in [-0.25, -0.2) is 10.3 Å². The van der Waals surface area contributed by atoms with Crippen molar-refractivity contribution in [3.63, 3.8) is 0 Å². The molecule has 0 saturated carbocycles. The summed E-state index contributed by atoms with van der Waals surface area (Å²) in [6.07, 6.45) is 2.63. The van der Waals surface area contributed by atoms with Gasteiger partial charge >= 0.3 is 5.97 Å². The minimum absolute atomic E-state index is 0.373. The molecule has 0 spiro atoms. The van der Waals surface area contributed by atoms with Crippen molar-refractivity contribution in [1.82, 2.24) is 0 Å². The van der Waals surface area contributed by atoms with Gasteiger partial charge in [-0.1, -0.05) is 13.0 Å². The molecule has 0 saturated heterocycles. The van der Waals surface area contributed by atoms with Gasteiger partial charge in [-0.05, 0) is 37.6 Å². The molecule has 4 nitrogen and oxygen atoms in total. The zero-order valence-corrected chi connectivity index (χ0v) is 10.3. The lowest BCUT2D eigenvalue weighted by Crippen LogP contribution is -2.11. The normalized spacial score (nSPS) is 10.9. The average Bonchev–Trinajstić information content (AvgIpc) is 2.36. The maximum atomic E-state index is 11.5. The van der Waals surface area contributed by atoms with Crippen LogP contribution in [0.2, 0.25) is 0 Å². The Bertz CT molecular complexity index is 396. The molecule has 0 aromatic heterocycles.